The summed E-state index contributed by atoms with van der Waals surface area (Å²) in [4.78, 5) is 13.7. The molecule has 0 saturated carbocycles. The van der Waals surface area contributed by atoms with E-state index >= 15 is 0 Å². The average Bonchev–Trinajstić information content (AvgIpc) is 3.15. The molecule has 0 aliphatic heterocycles. The number of amides is 1. The molecular formula is C45H39NO2. The maximum Gasteiger partial charge on any atom is 0.261 e. The summed E-state index contributed by atoms with van der Waals surface area (Å²) in [6.45, 7) is 2.51. The lowest BCUT2D eigenvalue weighted by atomic mass is 9.65. The van der Waals surface area contributed by atoms with Crippen molar-refractivity contribution in [3.05, 3.63) is 198 Å². The van der Waals surface area contributed by atoms with Crippen LogP contribution in [-0.4, -0.2) is 12.0 Å². The van der Waals surface area contributed by atoms with Crippen LogP contribution in [0.15, 0.2) is 170 Å². The molecule has 0 aliphatic rings. The Morgan fingerprint density at radius 2 is 1.02 bits per heavy atom. The lowest BCUT2D eigenvalue weighted by Crippen LogP contribution is -2.38. The first kappa shape index (κ1) is 31.0. The summed E-state index contributed by atoms with van der Waals surface area (Å²) < 4.78 is 6.45. The molecule has 1 unspecified atom stereocenters. The number of hydrogen-bond donors (Lipinski definition) is 1. The lowest BCUT2D eigenvalue weighted by molar-refractivity contribution is -0.128. The van der Waals surface area contributed by atoms with E-state index in [1.165, 1.54) is 27.5 Å². The molecule has 3 heteroatoms. The van der Waals surface area contributed by atoms with Crippen LogP contribution in [0.4, 0.5) is 0 Å². The highest BCUT2D eigenvalue weighted by atomic mass is 16.5. The predicted octanol–water partition coefficient (Wildman–Crippen LogP) is 10.2. The normalized spacial score (nSPS) is 12.1. The van der Waals surface area contributed by atoms with Gasteiger partial charge in [-0.2, -0.15) is 0 Å². The van der Waals surface area contributed by atoms with Gasteiger partial charge in [-0.25, -0.2) is 0 Å². The Labute approximate surface area is 282 Å². The summed E-state index contributed by atoms with van der Waals surface area (Å²) in [5.41, 5.74) is 5.25. The average molecular weight is 626 g/mol. The molecule has 0 aromatic heterocycles. The molecule has 7 aromatic rings. The van der Waals surface area contributed by atoms with Crippen molar-refractivity contribution in [3.8, 4) is 5.75 Å². The van der Waals surface area contributed by atoms with Gasteiger partial charge in [0.05, 0.1) is 5.41 Å². The van der Waals surface area contributed by atoms with Crippen LogP contribution in [0.2, 0.25) is 0 Å². The summed E-state index contributed by atoms with van der Waals surface area (Å²) in [7, 11) is 0. The fourth-order valence-electron chi connectivity index (χ4n) is 7.11. The van der Waals surface area contributed by atoms with E-state index in [9.17, 15) is 4.79 Å². The van der Waals surface area contributed by atoms with Gasteiger partial charge in [0.25, 0.3) is 5.91 Å². The highest BCUT2D eigenvalue weighted by Crippen LogP contribution is 2.45. The minimum absolute atomic E-state index is 0.106. The molecule has 0 radical (unpaired) electrons. The van der Waals surface area contributed by atoms with Crippen LogP contribution < -0.4 is 10.1 Å². The number of benzene rings is 7. The third-order valence-corrected chi connectivity index (χ3v) is 9.35. The van der Waals surface area contributed by atoms with Gasteiger partial charge in [-0.3, -0.25) is 4.79 Å². The van der Waals surface area contributed by atoms with E-state index in [1.807, 2.05) is 12.1 Å². The minimum Gasteiger partial charge on any atom is -0.481 e. The Balaban J connectivity index is 1.19. The lowest BCUT2D eigenvalue weighted by Gasteiger charge is -2.37. The van der Waals surface area contributed by atoms with Crippen molar-refractivity contribution < 1.29 is 9.53 Å². The Kier molecular flexibility index (Phi) is 9.02. The molecule has 1 atom stereocenters. The van der Waals surface area contributed by atoms with Crippen molar-refractivity contribution in [1.82, 2.24) is 5.32 Å². The fourth-order valence-corrected chi connectivity index (χ4v) is 7.11. The first-order valence-corrected chi connectivity index (χ1v) is 16.8. The van der Waals surface area contributed by atoms with Crippen molar-refractivity contribution >= 4 is 27.5 Å². The van der Waals surface area contributed by atoms with Gasteiger partial charge < -0.3 is 10.1 Å². The van der Waals surface area contributed by atoms with Crippen LogP contribution in [0, 0.1) is 0 Å². The molecule has 1 amide bonds. The molecule has 48 heavy (non-hydrogen) atoms. The monoisotopic (exact) mass is 625 g/mol. The number of ether oxygens (including phenoxy) is 1. The van der Waals surface area contributed by atoms with E-state index in [1.54, 1.807) is 0 Å². The minimum atomic E-state index is -0.607. The summed E-state index contributed by atoms with van der Waals surface area (Å²) >= 11 is 0. The van der Waals surface area contributed by atoms with Gasteiger partial charge in [0.2, 0.25) is 0 Å². The summed E-state index contributed by atoms with van der Waals surface area (Å²) in [5, 5.41) is 7.86. The number of carbonyl (C=O) groups is 1. The van der Waals surface area contributed by atoms with E-state index < -0.39 is 11.5 Å². The zero-order valence-electron chi connectivity index (χ0n) is 27.2. The SMILES string of the molecule is CCCC(Oc1ccc(C(c2ccccc2)(c2ccccc2)c2ccccc2)cc1)C(=O)NCc1c2ccccc2cc2ccccc12. The molecule has 0 spiro atoms. The Morgan fingerprint density at radius 1 is 0.583 bits per heavy atom. The van der Waals surface area contributed by atoms with Crippen LogP contribution in [0.25, 0.3) is 21.5 Å². The van der Waals surface area contributed by atoms with Gasteiger partial charge in [0, 0.05) is 6.54 Å². The van der Waals surface area contributed by atoms with E-state index in [-0.39, 0.29) is 5.91 Å². The first-order valence-electron chi connectivity index (χ1n) is 16.8. The third-order valence-electron chi connectivity index (χ3n) is 9.35. The van der Waals surface area contributed by atoms with E-state index in [0.717, 1.165) is 28.3 Å². The van der Waals surface area contributed by atoms with Crippen molar-refractivity contribution in [2.24, 2.45) is 0 Å². The van der Waals surface area contributed by atoms with Gasteiger partial charge in [-0.1, -0.05) is 165 Å². The zero-order valence-corrected chi connectivity index (χ0v) is 27.2. The number of rotatable bonds is 11. The highest BCUT2D eigenvalue weighted by molar-refractivity contribution is 6.02. The number of fused-ring (bicyclic) bond motifs is 2. The van der Waals surface area contributed by atoms with Gasteiger partial charge in [-0.15, -0.1) is 0 Å². The van der Waals surface area contributed by atoms with E-state index in [0.29, 0.717) is 18.7 Å². The van der Waals surface area contributed by atoms with Gasteiger partial charge in [0.15, 0.2) is 6.10 Å². The van der Waals surface area contributed by atoms with E-state index in [2.05, 4.69) is 170 Å². The van der Waals surface area contributed by atoms with Gasteiger partial charge >= 0.3 is 0 Å². The van der Waals surface area contributed by atoms with Crippen LogP contribution in [-0.2, 0) is 16.8 Å². The first-order chi connectivity index (χ1) is 23.7. The standard InChI is InChI=1S/C45H39NO2/c1-2-16-43(44(47)46-32-42-40-25-14-12-17-33(40)31-34-18-13-15-26-41(34)42)48-39-29-27-38(28-30-39)45(35-19-6-3-7-20-35,36-21-8-4-9-22-36)37-23-10-5-11-24-37/h3-15,17-31,43H,2,16,32H2,1H3,(H,46,47). The molecule has 3 nitrogen and oxygen atoms in total. The van der Waals surface area contributed by atoms with E-state index in [4.69, 9.17) is 4.74 Å². The smallest absolute Gasteiger partial charge is 0.261 e. The Morgan fingerprint density at radius 3 is 1.50 bits per heavy atom. The number of nitrogens with one attached hydrogen (secondary N) is 1. The molecule has 7 aromatic carbocycles. The van der Waals surface area contributed by atoms with Gasteiger partial charge in [0.1, 0.15) is 5.75 Å². The summed E-state index contributed by atoms with van der Waals surface area (Å²) in [6.07, 6.45) is 0.836. The second kappa shape index (κ2) is 14.0. The highest BCUT2D eigenvalue weighted by Gasteiger charge is 2.38. The molecule has 0 heterocycles. The molecule has 236 valence electrons. The molecule has 1 N–H and O–H groups in total. The van der Waals surface area contributed by atoms with Gasteiger partial charge in [-0.05, 0) is 74.0 Å². The quantitative estimate of drug-likeness (QED) is 0.115. The molecule has 0 saturated heterocycles. The third kappa shape index (κ3) is 5.96. The molecule has 0 aliphatic carbocycles. The van der Waals surface area contributed by atoms with Crippen molar-refractivity contribution in [1.29, 1.82) is 0 Å². The maximum atomic E-state index is 13.7. The molecule has 0 bridgehead atoms. The Hall–Kier alpha value is -5.67. The summed E-state index contributed by atoms with van der Waals surface area (Å²) in [6, 6.07) is 59.2. The Bertz CT molecular complexity index is 1970. The van der Waals surface area contributed by atoms with Crippen LogP contribution in [0.1, 0.15) is 47.6 Å². The van der Waals surface area contributed by atoms with Crippen LogP contribution in [0.3, 0.4) is 0 Å². The topological polar surface area (TPSA) is 38.3 Å². The molecule has 7 rings (SSSR count). The molecular weight excluding hydrogens is 587 g/mol. The summed E-state index contributed by atoms with van der Waals surface area (Å²) in [5.74, 6) is 0.566. The molecule has 0 fully saturated rings. The van der Waals surface area contributed by atoms with Crippen LogP contribution >= 0.6 is 0 Å². The predicted molar refractivity (Wildman–Crippen MR) is 197 cm³/mol. The maximum absolute atomic E-state index is 13.7. The van der Waals surface area contributed by atoms with Crippen molar-refractivity contribution in [2.45, 2.75) is 37.8 Å². The fraction of sp³-hybridized carbons (Fsp3) is 0.133. The second-order valence-electron chi connectivity index (χ2n) is 12.3. The van der Waals surface area contributed by atoms with Crippen molar-refractivity contribution in [3.63, 3.8) is 0 Å². The number of carbonyl (C=O) groups excluding carboxylic acids is 1. The van der Waals surface area contributed by atoms with Crippen molar-refractivity contribution in [2.75, 3.05) is 0 Å². The zero-order chi connectivity index (χ0) is 32.8. The van der Waals surface area contributed by atoms with Crippen LogP contribution in [0.5, 0.6) is 5.75 Å². The largest absolute Gasteiger partial charge is 0.481 e. The second-order valence-corrected chi connectivity index (χ2v) is 12.3. The number of hydrogen-bond acceptors (Lipinski definition) is 2.